The predicted octanol–water partition coefficient (Wildman–Crippen LogP) is 6.18. The van der Waals surface area contributed by atoms with E-state index in [1.54, 1.807) is 18.2 Å². The van der Waals surface area contributed by atoms with E-state index in [0.29, 0.717) is 31.4 Å². The Morgan fingerprint density at radius 3 is 1.87 bits per heavy atom. The molecule has 1 aliphatic rings. The summed E-state index contributed by atoms with van der Waals surface area (Å²) in [7, 11) is 1.54. The van der Waals surface area contributed by atoms with Crippen LogP contribution < -0.4 is 14.2 Å². The highest BCUT2D eigenvalue weighted by Gasteiger charge is 2.62. The van der Waals surface area contributed by atoms with Crippen LogP contribution in [0.2, 0.25) is 10.0 Å². The lowest BCUT2D eigenvalue weighted by Crippen LogP contribution is -2.34. The molecule has 2 aromatic rings. The van der Waals surface area contributed by atoms with Gasteiger partial charge in [0, 0.05) is 25.0 Å². The molecule has 2 aromatic carbocycles. The Morgan fingerprint density at radius 1 is 0.903 bits per heavy atom. The Morgan fingerprint density at radius 2 is 1.42 bits per heavy atom. The van der Waals surface area contributed by atoms with E-state index in [0.717, 1.165) is 0 Å². The van der Waals surface area contributed by atoms with Crippen LogP contribution in [0.1, 0.15) is 46.4 Å². The second kappa shape index (κ2) is 9.56. The minimum absolute atomic E-state index is 0.0104. The number of Topliss-reactive ketones (excluding diaryl/α,β-unsaturated/α-hetero) is 1. The SMILES string of the molecule is COc1cc(OC)c(C(=O)[P+](=O)C2(C(=O)c3c(Cl)cccc3Cl)CCCC2)c(OC)c1. The molecule has 6 nitrogen and oxygen atoms in total. The molecule has 0 heterocycles. The van der Waals surface area contributed by atoms with E-state index in [4.69, 9.17) is 37.4 Å². The van der Waals surface area contributed by atoms with Crippen LogP contribution in [0.15, 0.2) is 30.3 Å². The number of carbonyl (C=O) groups excluding carboxylic acids is 2. The summed E-state index contributed by atoms with van der Waals surface area (Å²) in [6.45, 7) is 0. The highest BCUT2D eigenvalue weighted by molar-refractivity contribution is 7.67. The van der Waals surface area contributed by atoms with Crippen LogP contribution in [0.25, 0.3) is 0 Å². The predicted molar refractivity (Wildman–Crippen MR) is 120 cm³/mol. The Balaban J connectivity index is 2.11. The van der Waals surface area contributed by atoms with Crippen molar-refractivity contribution in [1.29, 1.82) is 0 Å². The van der Waals surface area contributed by atoms with Gasteiger partial charge in [-0.3, -0.25) is 4.79 Å². The molecule has 164 valence electrons. The number of benzene rings is 2. The van der Waals surface area contributed by atoms with Crippen LogP contribution in [0.5, 0.6) is 17.2 Å². The molecule has 1 saturated carbocycles. The lowest BCUT2D eigenvalue weighted by atomic mass is 9.95. The number of hydrogen-bond donors (Lipinski definition) is 0. The summed E-state index contributed by atoms with van der Waals surface area (Å²) in [6.07, 6.45) is 1.93. The van der Waals surface area contributed by atoms with Gasteiger partial charge in [0.25, 0.3) is 0 Å². The number of rotatable bonds is 8. The first-order chi connectivity index (χ1) is 14.8. The molecule has 1 fully saturated rings. The Kier molecular flexibility index (Phi) is 7.25. The number of methoxy groups -OCH3 is 3. The van der Waals surface area contributed by atoms with E-state index >= 15 is 0 Å². The van der Waals surface area contributed by atoms with Crippen LogP contribution in [0.4, 0.5) is 0 Å². The molecule has 31 heavy (non-hydrogen) atoms. The van der Waals surface area contributed by atoms with Gasteiger partial charge in [0.05, 0.1) is 36.9 Å². The van der Waals surface area contributed by atoms with E-state index in [1.165, 1.54) is 33.5 Å². The summed E-state index contributed by atoms with van der Waals surface area (Å²) in [4.78, 5) is 27.1. The van der Waals surface area contributed by atoms with E-state index in [1.807, 2.05) is 0 Å². The summed E-state index contributed by atoms with van der Waals surface area (Å²) >= 11 is 12.5. The Labute approximate surface area is 191 Å². The van der Waals surface area contributed by atoms with Gasteiger partial charge in [-0.25, -0.2) is 4.79 Å². The highest BCUT2D eigenvalue weighted by atomic mass is 35.5. The van der Waals surface area contributed by atoms with Crippen molar-refractivity contribution in [2.45, 2.75) is 30.8 Å². The molecule has 0 amide bonds. The third kappa shape index (κ3) is 4.17. The molecule has 0 spiro atoms. The maximum absolute atomic E-state index is 13.7. The minimum Gasteiger partial charge on any atom is -0.496 e. The van der Waals surface area contributed by atoms with Crippen molar-refractivity contribution < 1.29 is 28.4 Å². The van der Waals surface area contributed by atoms with Crippen molar-refractivity contribution in [3.05, 3.63) is 51.5 Å². The number of ether oxygens (including phenoxy) is 3. The fourth-order valence-corrected chi connectivity index (χ4v) is 6.34. The molecule has 0 bridgehead atoms. The molecule has 0 saturated heterocycles. The Hall–Kier alpha value is -2.14. The van der Waals surface area contributed by atoms with Crippen LogP contribution >= 0.6 is 31.0 Å². The second-order valence-corrected chi connectivity index (χ2v) is 9.84. The van der Waals surface area contributed by atoms with Crippen molar-refractivity contribution in [2.24, 2.45) is 0 Å². The van der Waals surface area contributed by atoms with Crippen molar-refractivity contribution in [1.82, 2.24) is 0 Å². The van der Waals surface area contributed by atoms with Crippen LogP contribution in [0.3, 0.4) is 0 Å². The zero-order chi connectivity index (χ0) is 22.8. The van der Waals surface area contributed by atoms with Crippen molar-refractivity contribution in [3.8, 4) is 17.2 Å². The molecular weight excluding hydrogens is 462 g/mol. The third-order valence-electron chi connectivity index (χ3n) is 5.55. The standard InChI is InChI=1S/C22H22Cl2O6P/c1-28-13-11-16(29-2)19(17(12-13)30-3)21(26)31(27)22(9-4-5-10-22)20(25)18-14(23)7-6-8-15(18)24/h6-8,11-12H,4-5,9-10H2,1-3H3/q+1. The van der Waals surface area contributed by atoms with Gasteiger partial charge in [-0.2, -0.15) is 0 Å². The van der Waals surface area contributed by atoms with Gasteiger partial charge in [-0.1, -0.05) is 33.8 Å². The summed E-state index contributed by atoms with van der Waals surface area (Å²) in [5.41, 5.74) is -0.612. The quantitative estimate of drug-likeness (QED) is 0.329. The number of carbonyl (C=O) groups is 2. The molecule has 9 heteroatoms. The summed E-state index contributed by atoms with van der Waals surface area (Å²) < 4.78 is 29.6. The Bertz CT molecular complexity index is 1000. The van der Waals surface area contributed by atoms with Crippen LogP contribution in [-0.4, -0.2) is 37.8 Å². The highest BCUT2D eigenvalue weighted by Crippen LogP contribution is 2.56. The average molecular weight is 484 g/mol. The summed E-state index contributed by atoms with van der Waals surface area (Å²) in [5.74, 6) is 0.248. The maximum Gasteiger partial charge on any atom is 0.434 e. The van der Waals surface area contributed by atoms with Crippen LogP contribution in [-0.2, 0) is 4.57 Å². The van der Waals surface area contributed by atoms with E-state index in [2.05, 4.69) is 0 Å². The molecule has 0 aromatic heterocycles. The average Bonchev–Trinajstić information content (AvgIpc) is 3.28. The van der Waals surface area contributed by atoms with Gasteiger partial charge in [0.1, 0.15) is 17.2 Å². The summed E-state index contributed by atoms with van der Waals surface area (Å²) in [6, 6.07) is 7.74. The van der Waals surface area contributed by atoms with Gasteiger partial charge < -0.3 is 14.2 Å². The first-order valence-corrected chi connectivity index (χ1v) is 11.6. The minimum atomic E-state index is -2.71. The lowest BCUT2D eigenvalue weighted by molar-refractivity contribution is 0.0931. The molecule has 0 N–H and O–H groups in total. The van der Waals surface area contributed by atoms with E-state index < -0.39 is 24.3 Å². The third-order valence-corrected chi connectivity index (χ3v) is 8.20. The fraction of sp³-hybridized carbons (Fsp3) is 0.364. The van der Waals surface area contributed by atoms with Crippen molar-refractivity contribution in [3.63, 3.8) is 0 Å². The monoisotopic (exact) mass is 483 g/mol. The molecule has 1 aliphatic carbocycles. The maximum atomic E-state index is 13.7. The topological polar surface area (TPSA) is 78.9 Å². The van der Waals surface area contributed by atoms with E-state index in [9.17, 15) is 14.2 Å². The van der Waals surface area contributed by atoms with Crippen molar-refractivity contribution in [2.75, 3.05) is 21.3 Å². The molecule has 1 unspecified atom stereocenters. The fourth-order valence-electron chi connectivity index (χ4n) is 3.94. The summed E-state index contributed by atoms with van der Waals surface area (Å²) in [5, 5.41) is -1.06. The van der Waals surface area contributed by atoms with Crippen molar-refractivity contribution >= 4 is 42.3 Å². The molecule has 0 aliphatic heterocycles. The molecule has 1 atom stereocenters. The molecular formula is C22H22Cl2O6P+. The van der Waals surface area contributed by atoms with Crippen LogP contribution in [0, 0.1) is 0 Å². The van der Waals surface area contributed by atoms with Gasteiger partial charge in [-0.15, -0.1) is 0 Å². The normalized spacial score (nSPS) is 15.3. The van der Waals surface area contributed by atoms with Gasteiger partial charge in [-0.05, 0) is 25.0 Å². The van der Waals surface area contributed by atoms with Gasteiger partial charge >= 0.3 is 13.3 Å². The number of halogens is 2. The smallest absolute Gasteiger partial charge is 0.434 e. The second-order valence-electron chi connectivity index (χ2n) is 7.17. The molecule has 0 radical (unpaired) electrons. The lowest BCUT2D eigenvalue weighted by Gasteiger charge is -2.18. The first kappa shape index (κ1) is 23.5. The van der Waals surface area contributed by atoms with Gasteiger partial charge in [0.15, 0.2) is 5.56 Å². The molecule has 3 rings (SSSR count). The largest absolute Gasteiger partial charge is 0.496 e. The zero-order valence-electron chi connectivity index (χ0n) is 17.4. The zero-order valence-corrected chi connectivity index (χ0v) is 19.8. The van der Waals surface area contributed by atoms with E-state index in [-0.39, 0.29) is 32.7 Å². The number of ketones is 1. The number of hydrogen-bond acceptors (Lipinski definition) is 6. The first-order valence-electron chi connectivity index (χ1n) is 9.61. The van der Waals surface area contributed by atoms with Gasteiger partial charge in [0.2, 0.25) is 10.9 Å².